The standard InChI is InChI=1S/C19H17ClF3N3O3S/c1-30(27,28)26-13-7-5-12(6-8-13)9-10-24-15-11-17(20)25-14-3-2-4-16(18(14)15)29-19(21,22)23/h2-8,11,26H,9-10H2,1H3,(H,24,25). The lowest BCUT2D eigenvalue weighted by molar-refractivity contribution is -0.274. The van der Waals surface area contributed by atoms with Crippen molar-refractivity contribution in [2.24, 2.45) is 0 Å². The molecule has 0 bridgehead atoms. The van der Waals surface area contributed by atoms with Crippen molar-refractivity contribution in [3.63, 3.8) is 0 Å². The Kier molecular flexibility index (Phi) is 6.27. The Hall–Kier alpha value is -2.72. The number of nitrogens with one attached hydrogen (secondary N) is 2. The summed E-state index contributed by atoms with van der Waals surface area (Å²) in [6.07, 6.45) is -3.25. The zero-order valence-electron chi connectivity index (χ0n) is 15.6. The van der Waals surface area contributed by atoms with Gasteiger partial charge in [0.15, 0.2) is 0 Å². The van der Waals surface area contributed by atoms with Gasteiger partial charge in [0.2, 0.25) is 10.0 Å². The van der Waals surface area contributed by atoms with E-state index in [1.807, 2.05) is 0 Å². The molecule has 0 aliphatic rings. The number of hydrogen-bond donors (Lipinski definition) is 2. The highest BCUT2D eigenvalue weighted by Gasteiger charge is 2.32. The Morgan fingerprint density at radius 3 is 2.47 bits per heavy atom. The van der Waals surface area contributed by atoms with Crippen LogP contribution in [0, 0.1) is 0 Å². The van der Waals surface area contributed by atoms with Crippen LogP contribution in [0.1, 0.15) is 5.56 Å². The molecular formula is C19H17ClF3N3O3S. The van der Waals surface area contributed by atoms with Gasteiger partial charge in [-0.05, 0) is 42.3 Å². The molecule has 0 radical (unpaired) electrons. The van der Waals surface area contributed by atoms with E-state index in [0.717, 1.165) is 11.8 Å². The molecule has 0 spiro atoms. The maximum atomic E-state index is 12.8. The third-order valence-electron chi connectivity index (χ3n) is 3.98. The van der Waals surface area contributed by atoms with Gasteiger partial charge in [-0.2, -0.15) is 0 Å². The Morgan fingerprint density at radius 2 is 1.83 bits per heavy atom. The fourth-order valence-corrected chi connectivity index (χ4v) is 3.63. The molecule has 0 aliphatic heterocycles. The van der Waals surface area contributed by atoms with Gasteiger partial charge in [-0.1, -0.05) is 29.8 Å². The summed E-state index contributed by atoms with van der Waals surface area (Å²) in [6, 6.07) is 12.4. The number of benzene rings is 2. The van der Waals surface area contributed by atoms with Crippen molar-refractivity contribution in [3.8, 4) is 5.75 Å². The molecule has 0 unspecified atom stereocenters. The van der Waals surface area contributed by atoms with Gasteiger partial charge in [-0.15, -0.1) is 13.2 Å². The van der Waals surface area contributed by atoms with E-state index in [1.165, 1.54) is 18.2 Å². The van der Waals surface area contributed by atoms with Crippen LogP contribution < -0.4 is 14.8 Å². The number of nitrogens with zero attached hydrogens (tertiary/aromatic N) is 1. The van der Waals surface area contributed by atoms with Crippen LogP contribution in [-0.4, -0.2) is 32.6 Å². The summed E-state index contributed by atoms with van der Waals surface area (Å²) in [4.78, 5) is 4.05. The first-order valence-corrected chi connectivity index (χ1v) is 10.9. The number of aromatic nitrogens is 1. The molecule has 11 heteroatoms. The molecular weight excluding hydrogens is 443 g/mol. The van der Waals surface area contributed by atoms with Crippen molar-refractivity contribution in [3.05, 3.63) is 59.2 Å². The number of fused-ring (bicyclic) bond motifs is 1. The molecule has 1 heterocycles. The van der Waals surface area contributed by atoms with Crippen molar-refractivity contribution >= 4 is 43.9 Å². The number of rotatable bonds is 7. The molecule has 1 aromatic heterocycles. The van der Waals surface area contributed by atoms with Crippen LogP contribution in [0.5, 0.6) is 5.75 Å². The number of halogens is 4. The molecule has 0 amide bonds. The lowest BCUT2D eigenvalue weighted by atomic mass is 10.1. The van der Waals surface area contributed by atoms with Gasteiger partial charge in [0.1, 0.15) is 10.9 Å². The Bertz CT molecular complexity index is 1150. The average molecular weight is 460 g/mol. The fourth-order valence-electron chi connectivity index (χ4n) is 2.87. The summed E-state index contributed by atoms with van der Waals surface area (Å²) in [5.74, 6) is -0.372. The molecule has 30 heavy (non-hydrogen) atoms. The van der Waals surface area contributed by atoms with E-state index in [9.17, 15) is 21.6 Å². The lowest BCUT2D eigenvalue weighted by Crippen LogP contribution is -2.17. The van der Waals surface area contributed by atoms with Crippen molar-refractivity contribution in [2.75, 3.05) is 22.8 Å². The van der Waals surface area contributed by atoms with E-state index in [1.54, 1.807) is 30.3 Å². The maximum absolute atomic E-state index is 12.8. The summed E-state index contributed by atoms with van der Waals surface area (Å²) < 4.78 is 67.3. The summed E-state index contributed by atoms with van der Waals surface area (Å²) in [6.45, 7) is 0.384. The van der Waals surface area contributed by atoms with E-state index in [-0.39, 0.29) is 21.8 Å². The summed E-state index contributed by atoms with van der Waals surface area (Å²) in [7, 11) is -3.36. The number of alkyl halides is 3. The van der Waals surface area contributed by atoms with E-state index < -0.39 is 16.4 Å². The molecule has 160 valence electrons. The van der Waals surface area contributed by atoms with Gasteiger partial charge < -0.3 is 10.1 Å². The lowest BCUT2D eigenvalue weighted by Gasteiger charge is -2.15. The van der Waals surface area contributed by atoms with Crippen molar-refractivity contribution in [1.29, 1.82) is 0 Å². The second-order valence-corrected chi connectivity index (χ2v) is 8.57. The van der Waals surface area contributed by atoms with Crippen LogP contribution >= 0.6 is 11.6 Å². The predicted octanol–water partition coefficient (Wildman–Crippen LogP) is 4.81. The van der Waals surface area contributed by atoms with Gasteiger partial charge in [0.05, 0.1) is 22.8 Å². The smallest absolute Gasteiger partial charge is 0.405 e. The molecule has 3 aromatic rings. The Morgan fingerprint density at radius 1 is 1.13 bits per heavy atom. The Balaban J connectivity index is 1.77. The zero-order valence-corrected chi connectivity index (χ0v) is 17.2. The summed E-state index contributed by atoms with van der Waals surface area (Å²) in [5, 5.41) is 3.38. The van der Waals surface area contributed by atoms with Crippen molar-refractivity contribution < 1.29 is 26.3 Å². The minimum absolute atomic E-state index is 0.130. The molecule has 0 saturated heterocycles. The van der Waals surface area contributed by atoms with Gasteiger partial charge in [-0.3, -0.25) is 4.72 Å². The monoisotopic (exact) mass is 459 g/mol. The van der Waals surface area contributed by atoms with Gasteiger partial charge in [0, 0.05) is 12.2 Å². The normalized spacial score (nSPS) is 12.0. The topological polar surface area (TPSA) is 80.3 Å². The Labute approximate surface area is 176 Å². The third-order valence-corrected chi connectivity index (χ3v) is 4.78. The quantitative estimate of drug-likeness (QED) is 0.495. The minimum atomic E-state index is -4.84. The molecule has 0 aliphatic carbocycles. The second kappa shape index (κ2) is 8.57. The fraction of sp³-hybridized carbons (Fsp3) is 0.211. The highest BCUT2D eigenvalue weighted by Crippen LogP contribution is 2.36. The highest BCUT2D eigenvalue weighted by atomic mass is 35.5. The first-order chi connectivity index (χ1) is 14.0. The van der Waals surface area contributed by atoms with E-state index in [4.69, 9.17) is 11.6 Å². The van der Waals surface area contributed by atoms with Crippen LogP contribution in [0.3, 0.4) is 0 Å². The molecule has 6 nitrogen and oxygen atoms in total. The molecule has 0 atom stereocenters. The number of sulfonamides is 1. The van der Waals surface area contributed by atoms with E-state index in [0.29, 0.717) is 24.3 Å². The van der Waals surface area contributed by atoms with Gasteiger partial charge in [-0.25, -0.2) is 13.4 Å². The number of ether oxygens (including phenoxy) is 1. The first kappa shape index (κ1) is 22.0. The number of anilines is 2. The first-order valence-electron chi connectivity index (χ1n) is 8.66. The minimum Gasteiger partial charge on any atom is -0.405 e. The summed E-state index contributed by atoms with van der Waals surface area (Å²) in [5.41, 5.74) is 1.97. The van der Waals surface area contributed by atoms with Crippen molar-refractivity contribution in [2.45, 2.75) is 12.8 Å². The van der Waals surface area contributed by atoms with Gasteiger partial charge >= 0.3 is 6.36 Å². The van der Waals surface area contributed by atoms with E-state index >= 15 is 0 Å². The van der Waals surface area contributed by atoms with Crippen LogP contribution in [0.25, 0.3) is 10.9 Å². The predicted molar refractivity (Wildman–Crippen MR) is 111 cm³/mol. The van der Waals surface area contributed by atoms with Crippen LogP contribution in [0.4, 0.5) is 24.5 Å². The second-order valence-electron chi connectivity index (χ2n) is 6.44. The molecule has 2 aromatic carbocycles. The van der Waals surface area contributed by atoms with Gasteiger partial charge in [0.25, 0.3) is 0 Å². The van der Waals surface area contributed by atoms with Crippen LogP contribution in [-0.2, 0) is 16.4 Å². The third kappa shape index (κ3) is 6.14. The molecule has 3 rings (SSSR count). The average Bonchev–Trinajstić information content (AvgIpc) is 2.60. The summed E-state index contributed by atoms with van der Waals surface area (Å²) >= 11 is 6.01. The number of hydrogen-bond acceptors (Lipinski definition) is 5. The van der Waals surface area contributed by atoms with E-state index in [2.05, 4.69) is 19.8 Å². The largest absolute Gasteiger partial charge is 0.573 e. The maximum Gasteiger partial charge on any atom is 0.573 e. The van der Waals surface area contributed by atoms with Crippen LogP contribution in [0.2, 0.25) is 5.15 Å². The SMILES string of the molecule is CS(=O)(=O)Nc1ccc(CCNc2cc(Cl)nc3cccc(OC(F)(F)F)c23)cc1. The number of pyridine rings is 1. The highest BCUT2D eigenvalue weighted by molar-refractivity contribution is 7.92. The molecule has 2 N–H and O–H groups in total. The zero-order chi connectivity index (χ0) is 21.9. The molecule has 0 saturated carbocycles. The van der Waals surface area contributed by atoms with Crippen LogP contribution in [0.15, 0.2) is 48.5 Å². The molecule has 0 fully saturated rings. The van der Waals surface area contributed by atoms with Crippen molar-refractivity contribution in [1.82, 2.24) is 4.98 Å².